The smallest absolute Gasteiger partial charge is 0.102 e. The number of allylic oxidation sites excluding steroid dienone is 1. The van der Waals surface area contributed by atoms with Gasteiger partial charge in [-0.1, -0.05) is 24.6 Å². The van der Waals surface area contributed by atoms with Crippen molar-refractivity contribution in [3.05, 3.63) is 40.1 Å². The van der Waals surface area contributed by atoms with Crippen LogP contribution in [0.15, 0.2) is 17.9 Å². The van der Waals surface area contributed by atoms with Crippen molar-refractivity contribution in [2.45, 2.75) is 58.7 Å². The Hall–Kier alpha value is -1.36. The number of hydrogen-bond acceptors (Lipinski definition) is 4. The van der Waals surface area contributed by atoms with E-state index in [1.165, 1.54) is 11.1 Å². The predicted octanol–water partition coefficient (Wildman–Crippen LogP) is 3.39. The van der Waals surface area contributed by atoms with Gasteiger partial charge in [0.05, 0.1) is 19.3 Å². The Morgan fingerprint density at radius 3 is 2.54 bits per heavy atom. The van der Waals surface area contributed by atoms with Crippen LogP contribution < -0.4 is 0 Å². The maximum absolute atomic E-state index is 11.2. The molecule has 4 nitrogen and oxygen atoms in total. The van der Waals surface area contributed by atoms with Gasteiger partial charge in [0, 0.05) is 31.1 Å². The van der Waals surface area contributed by atoms with Gasteiger partial charge in [0.15, 0.2) is 0 Å². The molecule has 0 radical (unpaired) electrons. The monoisotopic (exact) mass is 360 g/mol. The molecule has 4 heteroatoms. The molecule has 1 fully saturated rings. The summed E-state index contributed by atoms with van der Waals surface area (Å²) in [6.07, 6.45) is 1.96. The van der Waals surface area contributed by atoms with Gasteiger partial charge in [-0.05, 0) is 55.7 Å². The zero-order valence-electron chi connectivity index (χ0n) is 16.4. The van der Waals surface area contributed by atoms with Crippen molar-refractivity contribution < 1.29 is 19.7 Å². The molecule has 0 bridgehead atoms. The Balaban J connectivity index is 1.94. The van der Waals surface area contributed by atoms with E-state index in [2.05, 4.69) is 32.9 Å². The molecule has 1 aromatic rings. The zero-order chi connectivity index (χ0) is 18.8. The van der Waals surface area contributed by atoms with E-state index in [0.29, 0.717) is 19.6 Å². The van der Waals surface area contributed by atoms with E-state index in [0.717, 1.165) is 41.7 Å². The molecule has 1 aliphatic heterocycles. The van der Waals surface area contributed by atoms with Crippen molar-refractivity contribution >= 4 is 5.57 Å². The lowest BCUT2D eigenvalue weighted by Gasteiger charge is -2.32. The van der Waals surface area contributed by atoms with E-state index in [9.17, 15) is 10.2 Å². The van der Waals surface area contributed by atoms with Crippen molar-refractivity contribution in [3.8, 4) is 0 Å². The van der Waals surface area contributed by atoms with Crippen molar-refractivity contribution in [2.75, 3.05) is 20.3 Å². The first-order valence-corrected chi connectivity index (χ1v) is 9.79. The minimum atomic E-state index is -0.700. The van der Waals surface area contributed by atoms with Crippen LogP contribution in [-0.4, -0.2) is 42.7 Å². The first kappa shape index (κ1) is 19.4. The molecule has 1 saturated heterocycles. The highest BCUT2D eigenvalue weighted by molar-refractivity contribution is 5.77. The van der Waals surface area contributed by atoms with Crippen LogP contribution in [0.3, 0.4) is 0 Å². The summed E-state index contributed by atoms with van der Waals surface area (Å²) < 4.78 is 11.1. The van der Waals surface area contributed by atoms with E-state index in [4.69, 9.17) is 9.47 Å². The fourth-order valence-corrected chi connectivity index (χ4v) is 4.73. The Kier molecular flexibility index (Phi) is 6.06. The molecule has 26 heavy (non-hydrogen) atoms. The van der Waals surface area contributed by atoms with Gasteiger partial charge in [-0.3, -0.25) is 0 Å². The van der Waals surface area contributed by atoms with Crippen LogP contribution in [0.4, 0.5) is 0 Å². The third kappa shape index (κ3) is 3.55. The highest BCUT2D eigenvalue weighted by Crippen LogP contribution is 2.44. The molecule has 1 heterocycles. The highest BCUT2D eigenvalue weighted by Gasteiger charge is 2.42. The number of methoxy groups -OCH3 is 1. The second kappa shape index (κ2) is 8.12. The topological polar surface area (TPSA) is 58.9 Å². The summed E-state index contributed by atoms with van der Waals surface area (Å²) in [5, 5.41) is 22.2. The summed E-state index contributed by atoms with van der Waals surface area (Å²) in [6.45, 7) is 7.72. The van der Waals surface area contributed by atoms with Gasteiger partial charge in [-0.15, -0.1) is 0 Å². The third-order valence-corrected chi connectivity index (χ3v) is 6.07. The van der Waals surface area contributed by atoms with Gasteiger partial charge in [0.2, 0.25) is 0 Å². The van der Waals surface area contributed by atoms with Gasteiger partial charge in [-0.2, -0.15) is 0 Å². The van der Waals surface area contributed by atoms with Gasteiger partial charge in [0.25, 0.3) is 0 Å². The van der Waals surface area contributed by atoms with Crippen molar-refractivity contribution in [3.63, 3.8) is 0 Å². The zero-order valence-corrected chi connectivity index (χ0v) is 16.4. The van der Waals surface area contributed by atoms with Gasteiger partial charge in [-0.25, -0.2) is 0 Å². The van der Waals surface area contributed by atoms with E-state index >= 15 is 0 Å². The fourth-order valence-electron chi connectivity index (χ4n) is 4.73. The van der Waals surface area contributed by atoms with Gasteiger partial charge >= 0.3 is 0 Å². The number of aryl methyl sites for hydroxylation is 3. The van der Waals surface area contributed by atoms with Crippen LogP contribution in [0, 0.1) is 25.7 Å². The van der Waals surface area contributed by atoms with Crippen LogP contribution >= 0.6 is 0 Å². The molecule has 2 N–H and O–H groups in total. The van der Waals surface area contributed by atoms with E-state index in [1.807, 2.05) is 0 Å². The molecular formula is C22H32O4. The first-order chi connectivity index (χ1) is 12.5. The van der Waals surface area contributed by atoms with Crippen LogP contribution in [0.5, 0.6) is 0 Å². The van der Waals surface area contributed by atoms with Crippen molar-refractivity contribution in [2.24, 2.45) is 11.8 Å². The molecule has 0 aromatic heterocycles. The third-order valence-electron chi connectivity index (χ3n) is 6.07. The molecule has 144 valence electrons. The molecule has 3 unspecified atom stereocenters. The molecule has 3 atom stereocenters. The standard InChI is InChI=1S/C22H32O4/c1-5-15-11-13(2)10-14(3)19(15)20-18(25-4)12-17(22(20)24)21(23)16-6-8-26-9-7-16/h10-11,16-17,21-24H,5-9,12H2,1-4H3. The number of ether oxygens (including phenoxy) is 2. The lowest BCUT2D eigenvalue weighted by Crippen LogP contribution is -2.37. The van der Waals surface area contributed by atoms with E-state index in [1.54, 1.807) is 7.11 Å². The summed E-state index contributed by atoms with van der Waals surface area (Å²) in [4.78, 5) is 0. The van der Waals surface area contributed by atoms with E-state index < -0.39 is 12.2 Å². The Morgan fingerprint density at radius 2 is 1.92 bits per heavy atom. The SMILES string of the molecule is CCc1cc(C)cc(C)c1C1=C(OC)CC(C(O)C2CCOCC2)C1O. The predicted molar refractivity (Wildman–Crippen MR) is 103 cm³/mol. The maximum atomic E-state index is 11.2. The number of aliphatic hydroxyl groups is 2. The number of benzene rings is 1. The Labute approximate surface area is 156 Å². The molecule has 0 saturated carbocycles. The normalized spacial score (nSPS) is 25.6. The number of rotatable bonds is 5. The quantitative estimate of drug-likeness (QED) is 0.845. The lowest BCUT2D eigenvalue weighted by atomic mass is 9.81. The average molecular weight is 360 g/mol. The molecule has 2 aliphatic rings. The number of hydrogen-bond donors (Lipinski definition) is 2. The molecule has 0 spiro atoms. The summed E-state index contributed by atoms with van der Waals surface area (Å²) in [6, 6.07) is 4.35. The Morgan fingerprint density at radius 1 is 1.23 bits per heavy atom. The average Bonchev–Trinajstić information content (AvgIpc) is 2.97. The van der Waals surface area contributed by atoms with Crippen LogP contribution in [0.25, 0.3) is 5.57 Å². The van der Waals surface area contributed by atoms with Crippen LogP contribution in [-0.2, 0) is 15.9 Å². The molecule has 0 amide bonds. The molecular weight excluding hydrogens is 328 g/mol. The van der Waals surface area contributed by atoms with Crippen LogP contribution in [0.1, 0.15) is 48.4 Å². The van der Waals surface area contributed by atoms with Crippen LogP contribution in [0.2, 0.25) is 0 Å². The number of aliphatic hydroxyl groups excluding tert-OH is 2. The minimum absolute atomic E-state index is 0.186. The summed E-state index contributed by atoms with van der Waals surface area (Å²) in [5.41, 5.74) is 5.59. The second-order valence-electron chi connectivity index (χ2n) is 7.76. The summed E-state index contributed by atoms with van der Waals surface area (Å²) in [7, 11) is 1.67. The van der Waals surface area contributed by atoms with Gasteiger partial charge in [0.1, 0.15) is 5.76 Å². The lowest BCUT2D eigenvalue weighted by molar-refractivity contribution is -0.0379. The summed E-state index contributed by atoms with van der Waals surface area (Å²) in [5.74, 6) is 0.786. The Bertz CT molecular complexity index is 673. The first-order valence-electron chi connectivity index (χ1n) is 9.79. The molecule has 1 aliphatic carbocycles. The largest absolute Gasteiger partial charge is 0.501 e. The van der Waals surface area contributed by atoms with Gasteiger partial charge < -0.3 is 19.7 Å². The highest BCUT2D eigenvalue weighted by atomic mass is 16.5. The minimum Gasteiger partial charge on any atom is -0.501 e. The van der Waals surface area contributed by atoms with Crippen molar-refractivity contribution in [1.82, 2.24) is 0 Å². The van der Waals surface area contributed by atoms with E-state index in [-0.39, 0.29) is 11.8 Å². The fraction of sp³-hybridized carbons (Fsp3) is 0.636. The summed E-state index contributed by atoms with van der Waals surface area (Å²) >= 11 is 0. The molecule has 3 rings (SSSR count). The second-order valence-corrected chi connectivity index (χ2v) is 7.76. The molecule has 1 aromatic carbocycles. The van der Waals surface area contributed by atoms with Crippen molar-refractivity contribution in [1.29, 1.82) is 0 Å². The maximum Gasteiger partial charge on any atom is 0.102 e.